The number of rotatable bonds is 5. The van der Waals surface area contributed by atoms with Gasteiger partial charge in [-0.15, -0.1) is 0 Å². The average molecular weight is 317 g/mol. The van der Waals surface area contributed by atoms with Gasteiger partial charge >= 0.3 is 0 Å². The van der Waals surface area contributed by atoms with Crippen molar-refractivity contribution >= 4 is 16.9 Å². The maximum absolute atomic E-state index is 12.8. The lowest BCUT2D eigenvalue weighted by Gasteiger charge is -2.42. The van der Waals surface area contributed by atoms with Gasteiger partial charge in [-0.3, -0.25) is 4.79 Å². The van der Waals surface area contributed by atoms with Crippen molar-refractivity contribution in [2.75, 3.05) is 51.7 Å². The maximum atomic E-state index is 12.8. The second-order valence-electron chi connectivity index (χ2n) is 5.84. The van der Waals surface area contributed by atoms with Gasteiger partial charge < -0.3 is 15.4 Å². The van der Waals surface area contributed by atoms with Crippen LogP contribution in [0, 0.1) is 5.41 Å². The molecular formula is C14H27N3O3S. The molecule has 2 fully saturated rings. The lowest BCUT2D eigenvalue weighted by atomic mass is 9.77. The summed E-state index contributed by atoms with van der Waals surface area (Å²) in [5.41, 5.74) is 5.48. The number of ether oxygens (including phenoxy) is 1. The highest BCUT2D eigenvalue weighted by Crippen LogP contribution is 2.33. The fourth-order valence-corrected chi connectivity index (χ4v) is 4.23. The fourth-order valence-electron chi connectivity index (χ4n) is 3.03. The Balaban J connectivity index is 1.97. The van der Waals surface area contributed by atoms with Crippen molar-refractivity contribution < 1.29 is 13.7 Å². The van der Waals surface area contributed by atoms with Gasteiger partial charge in [-0.25, -0.2) is 8.51 Å². The Kier molecular flexibility index (Phi) is 6.16. The van der Waals surface area contributed by atoms with Crippen molar-refractivity contribution in [1.82, 2.24) is 9.21 Å². The van der Waals surface area contributed by atoms with Crippen LogP contribution in [0.4, 0.5) is 0 Å². The van der Waals surface area contributed by atoms with E-state index in [1.54, 1.807) is 0 Å². The molecule has 0 aliphatic carbocycles. The van der Waals surface area contributed by atoms with Gasteiger partial charge in [0.1, 0.15) is 0 Å². The van der Waals surface area contributed by atoms with Crippen molar-refractivity contribution in [3.63, 3.8) is 0 Å². The highest BCUT2D eigenvalue weighted by molar-refractivity contribution is 7.82. The molecule has 0 spiro atoms. The summed E-state index contributed by atoms with van der Waals surface area (Å²) in [5.74, 6) is 0.863. The van der Waals surface area contributed by atoms with Gasteiger partial charge in [-0.05, 0) is 19.3 Å². The quantitative estimate of drug-likeness (QED) is 0.772. The van der Waals surface area contributed by atoms with Crippen molar-refractivity contribution in [2.45, 2.75) is 26.2 Å². The highest BCUT2D eigenvalue weighted by atomic mass is 32.2. The maximum Gasteiger partial charge on any atom is 0.230 e. The van der Waals surface area contributed by atoms with Crippen LogP contribution in [0.15, 0.2) is 0 Å². The van der Waals surface area contributed by atoms with Gasteiger partial charge in [0.2, 0.25) is 5.91 Å². The Morgan fingerprint density at radius 1 is 1.24 bits per heavy atom. The molecule has 0 aromatic heterocycles. The first-order valence-corrected chi connectivity index (χ1v) is 9.11. The van der Waals surface area contributed by atoms with Crippen molar-refractivity contribution in [2.24, 2.45) is 11.1 Å². The predicted octanol–water partition coefficient (Wildman–Crippen LogP) is -0.0402. The highest BCUT2D eigenvalue weighted by Gasteiger charge is 2.43. The SMILES string of the molecule is CCCS(=O)N1CCC(CN)(C(=O)N2CCOCC2)CC1. The number of amides is 1. The Labute approximate surface area is 129 Å². The molecule has 2 aliphatic heterocycles. The summed E-state index contributed by atoms with van der Waals surface area (Å²) < 4.78 is 19.4. The minimum absolute atomic E-state index is 0.161. The molecular weight excluding hydrogens is 290 g/mol. The molecule has 2 heterocycles. The molecule has 2 aliphatic rings. The van der Waals surface area contributed by atoms with Gasteiger partial charge in [-0.2, -0.15) is 0 Å². The second kappa shape index (κ2) is 7.67. The van der Waals surface area contributed by atoms with E-state index in [2.05, 4.69) is 0 Å². The molecule has 21 heavy (non-hydrogen) atoms. The summed E-state index contributed by atoms with van der Waals surface area (Å²) in [6.07, 6.45) is 2.32. The molecule has 0 aromatic rings. The average Bonchev–Trinajstić information content (AvgIpc) is 2.55. The van der Waals surface area contributed by atoms with Crippen LogP contribution in [0.3, 0.4) is 0 Å². The molecule has 0 saturated carbocycles. The van der Waals surface area contributed by atoms with E-state index in [-0.39, 0.29) is 5.91 Å². The molecule has 2 N–H and O–H groups in total. The number of morpholine rings is 1. The Morgan fingerprint density at radius 3 is 2.38 bits per heavy atom. The summed E-state index contributed by atoms with van der Waals surface area (Å²) in [6.45, 7) is 6.33. The molecule has 0 bridgehead atoms. The van der Waals surface area contributed by atoms with Gasteiger partial charge in [0.15, 0.2) is 0 Å². The van der Waals surface area contributed by atoms with Crippen LogP contribution in [0.1, 0.15) is 26.2 Å². The van der Waals surface area contributed by atoms with E-state index in [1.165, 1.54) is 0 Å². The standard InChI is InChI=1S/C14H27N3O3S/c1-2-11-21(19)17-5-3-14(12-15,4-6-17)13(18)16-7-9-20-10-8-16/h2-12,15H2,1H3. The summed E-state index contributed by atoms with van der Waals surface area (Å²) in [4.78, 5) is 14.7. The summed E-state index contributed by atoms with van der Waals surface area (Å²) in [6, 6.07) is 0. The molecule has 7 heteroatoms. The number of carbonyl (C=O) groups is 1. The number of hydrogen-bond acceptors (Lipinski definition) is 4. The van der Waals surface area contributed by atoms with Gasteiger partial charge in [0, 0.05) is 38.5 Å². The Hall–Kier alpha value is -0.500. The minimum Gasteiger partial charge on any atom is -0.378 e. The first-order chi connectivity index (χ1) is 10.1. The first kappa shape index (κ1) is 16.9. The molecule has 6 nitrogen and oxygen atoms in total. The van der Waals surface area contributed by atoms with Crippen LogP contribution < -0.4 is 5.73 Å². The van der Waals surface area contributed by atoms with E-state index in [4.69, 9.17) is 10.5 Å². The smallest absolute Gasteiger partial charge is 0.230 e. The normalized spacial score (nSPS) is 24.8. The van der Waals surface area contributed by atoms with Crippen LogP contribution in [0.5, 0.6) is 0 Å². The zero-order valence-corrected chi connectivity index (χ0v) is 13.7. The van der Waals surface area contributed by atoms with Crippen LogP contribution in [0.25, 0.3) is 0 Å². The van der Waals surface area contributed by atoms with Gasteiger partial charge in [0.05, 0.1) is 29.6 Å². The van der Waals surface area contributed by atoms with Crippen LogP contribution in [-0.2, 0) is 20.5 Å². The lowest BCUT2D eigenvalue weighted by molar-refractivity contribution is -0.148. The molecule has 1 atom stereocenters. The summed E-state index contributed by atoms with van der Waals surface area (Å²) >= 11 is 0. The lowest BCUT2D eigenvalue weighted by Crippen LogP contribution is -2.55. The van der Waals surface area contributed by atoms with Gasteiger partial charge in [0.25, 0.3) is 0 Å². The van der Waals surface area contributed by atoms with Crippen molar-refractivity contribution in [1.29, 1.82) is 0 Å². The first-order valence-electron chi connectivity index (χ1n) is 7.83. The Bertz CT molecular complexity index is 378. The zero-order chi connectivity index (χ0) is 15.3. The van der Waals surface area contributed by atoms with Gasteiger partial charge in [-0.1, -0.05) is 6.92 Å². The summed E-state index contributed by atoms with van der Waals surface area (Å²) in [7, 11) is -0.912. The zero-order valence-electron chi connectivity index (χ0n) is 12.9. The number of nitrogens with zero attached hydrogens (tertiary/aromatic N) is 2. The topological polar surface area (TPSA) is 75.9 Å². The van der Waals surface area contributed by atoms with E-state index < -0.39 is 16.4 Å². The molecule has 1 unspecified atom stereocenters. The van der Waals surface area contributed by atoms with Crippen molar-refractivity contribution in [3.8, 4) is 0 Å². The van der Waals surface area contributed by atoms with E-state index >= 15 is 0 Å². The molecule has 2 rings (SSSR count). The van der Waals surface area contributed by atoms with Crippen LogP contribution >= 0.6 is 0 Å². The minimum atomic E-state index is -0.912. The number of carbonyl (C=O) groups excluding carboxylic acids is 1. The number of nitrogens with two attached hydrogens (primary N) is 1. The fraction of sp³-hybridized carbons (Fsp3) is 0.929. The largest absolute Gasteiger partial charge is 0.378 e. The predicted molar refractivity (Wildman–Crippen MR) is 83.0 cm³/mol. The van der Waals surface area contributed by atoms with E-state index in [0.29, 0.717) is 64.5 Å². The molecule has 1 amide bonds. The third kappa shape index (κ3) is 3.83. The molecule has 0 radical (unpaired) electrons. The second-order valence-corrected chi connectivity index (χ2v) is 7.41. The van der Waals surface area contributed by atoms with E-state index in [9.17, 15) is 9.00 Å². The Morgan fingerprint density at radius 2 is 1.86 bits per heavy atom. The molecule has 0 aromatic carbocycles. The molecule has 122 valence electrons. The molecule has 2 saturated heterocycles. The van der Waals surface area contributed by atoms with E-state index in [0.717, 1.165) is 6.42 Å². The monoisotopic (exact) mass is 317 g/mol. The van der Waals surface area contributed by atoms with E-state index in [1.807, 2.05) is 16.1 Å². The van der Waals surface area contributed by atoms with Crippen molar-refractivity contribution in [3.05, 3.63) is 0 Å². The third-order valence-corrected chi connectivity index (χ3v) is 6.19. The van der Waals surface area contributed by atoms with Crippen LogP contribution in [0.2, 0.25) is 0 Å². The number of hydrogen-bond donors (Lipinski definition) is 1. The van der Waals surface area contributed by atoms with Crippen LogP contribution in [-0.4, -0.2) is 71.0 Å². The third-order valence-electron chi connectivity index (χ3n) is 4.49. The summed E-state index contributed by atoms with van der Waals surface area (Å²) in [5, 5.41) is 0. The number of piperidine rings is 1.